The van der Waals surface area contributed by atoms with Crippen LogP contribution in [0.4, 0.5) is 0 Å². The second-order valence-corrected chi connectivity index (χ2v) is 2.30. The second-order valence-electron chi connectivity index (χ2n) is 1.39. The van der Waals surface area contributed by atoms with Crippen molar-refractivity contribution in [2.75, 3.05) is 27.5 Å². The molecule has 0 rings (SSSR count). The second kappa shape index (κ2) is 4.49. The Morgan fingerprint density at radius 1 is 1.67 bits per heavy atom. The third-order valence-electron chi connectivity index (χ3n) is 0.917. The maximum Gasteiger partial charge on any atom is 0.296 e. The van der Waals surface area contributed by atoms with E-state index in [4.69, 9.17) is 4.74 Å². The maximum atomic E-state index is 4.91. The van der Waals surface area contributed by atoms with Gasteiger partial charge in [-0.15, -0.1) is 0 Å². The van der Waals surface area contributed by atoms with Crippen LogP contribution >= 0.6 is 11.9 Å². The fourth-order valence-electron chi connectivity index (χ4n) is 0.439. The first-order chi connectivity index (χ1) is 4.26. The van der Waals surface area contributed by atoms with E-state index >= 15 is 0 Å². The lowest BCUT2D eigenvalue weighted by Crippen LogP contribution is -2.20. The van der Waals surface area contributed by atoms with Gasteiger partial charge in [-0.1, -0.05) is 0 Å². The van der Waals surface area contributed by atoms with Gasteiger partial charge in [0.2, 0.25) is 0 Å². The molecule has 54 valence electrons. The van der Waals surface area contributed by atoms with Crippen molar-refractivity contribution in [3.8, 4) is 0 Å². The van der Waals surface area contributed by atoms with Gasteiger partial charge in [0.15, 0.2) is 0 Å². The first-order valence-electron chi connectivity index (χ1n) is 2.54. The molecular formula is C5H12N2OS. The third kappa shape index (κ3) is 2.60. The molecule has 9 heavy (non-hydrogen) atoms. The molecule has 0 aromatic rings. The summed E-state index contributed by atoms with van der Waals surface area (Å²) in [7, 11) is 5.21. The molecule has 0 aromatic carbocycles. The number of aliphatic imine (C=N–C) groups is 1. The Bertz CT molecular complexity index is 105. The SMILES string of the molecule is CN=C(OC)N(C)SC. The molecule has 4 heteroatoms. The summed E-state index contributed by atoms with van der Waals surface area (Å²) < 4.78 is 6.75. The Kier molecular flexibility index (Phi) is 4.30. The average Bonchev–Trinajstić information content (AvgIpc) is 1.90. The molecule has 0 N–H and O–H groups in total. The van der Waals surface area contributed by atoms with Crippen molar-refractivity contribution < 1.29 is 4.74 Å². The molecule has 0 amide bonds. The minimum absolute atomic E-state index is 0.641. The fourth-order valence-corrected chi connectivity index (χ4v) is 0.751. The number of methoxy groups -OCH3 is 1. The predicted octanol–water partition coefficient (Wildman–Crippen LogP) is 0.828. The van der Waals surface area contributed by atoms with Crippen molar-refractivity contribution in [2.24, 2.45) is 4.99 Å². The lowest BCUT2D eigenvalue weighted by atomic mass is 11.0. The standard InChI is InChI=1S/C5H12N2OS/c1-6-5(8-3)7(2)9-4/h1-4H3. The molecule has 0 unspecified atom stereocenters. The van der Waals surface area contributed by atoms with Gasteiger partial charge in [0, 0.05) is 20.4 Å². The molecule has 0 saturated carbocycles. The summed E-state index contributed by atoms with van der Waals surface area (Å²) in [6, 6.07) is 0.641. The lowest BCUT2D eigenvalue weighted by Gasteiger charge is -2.14. The Balaban J connectivity index is 3.80. The van der Waals surface area contributed by atoms with Gasteiger partial charge < -0.3 is 4.74 Å². The summed E-state index contributed by atoms with van der Waals surface area (Å²) in [6.45, 7) is 0. The number of nitrogens with zero attached hydrogens (tertiary/aromatic N) is 2. The maximum absolute atomic E-state index is 4.91. The van der Waals surface area contributed by atoms with Gasteiger partial charge in [-0.25, -0.2) is 4.99 Å². The zero-order valence-corrected chi connectivity index (χ0v) is 7.03. The smallest absolute Gasteiger partial charge is 0.296 e. The molecule has 0 atom stereocenters. The highest BCUT2D eigenvalue weighted by Crippen LogP contribution is 2.01. The highest BCUT2D eigenvalue weighted by Gasteiger charge is 2.00. The van der Waals surface area contributed by atoms with Crippen molar-refractivity contribution in [1.29, 1.82) is 0 Å². The fraction of sp³-hybridized carbons (Fsp3) is 0.800. The monoisotopic (exact) mass is 148 g/mol. The van der Waals surface area contributed by atoms with E-state index in [1.165, 1.54) is 0 Å². The van der Waals surface area contributed by atoms with Gasteiger partial charge in [0.1, 0.15) is 0 Å². The van der Waals surface area contributed by atoms with Gasteiger partial charge in [-0.05, 0) is 11.9 Å². The first kappa shape index (κ1) is 8.62. The van der Waals surface area contributed by atoms with E-state index in [2.05, 4.69) is 4.99 Å². The Morgan fingerprint density at radius 3 is 2.33 bits per heavy atom. The summed E-state index contributed by atoms with van der Waals surface area (Å²) in [4.78, 5) is 3.88. The normalized spacial score (nSPS) is 11.3. The van der Waals surface area contributed by atoms with E-state index in [0.717, 1.165) is 0 Å². The van der Waals surface area contributed by atoms with Gasteiger partial charge in [-0.3, -0.25) is 4.31 Å². The van der Waals surface area contributed by atoms with Crippen LogP contribution in [0.15, 0.2) is 4.99 Å². The van der Waals surface area contributed by atoms with Crippen molar-refractivity contribution >= 4 is 18.0 Å². The molecule has 0 fully saturated rings. The first-order valence-corrected chi connectivity index (χ1v) is 3.73. The van der Waals surface area contributed by atoms with E-state index in [-0.39, 0.29) is 0 Å². The number of rotatable bonds is 1. The minimum Gasteiger partial charge on any atom is -0.468 e. The topological polar surface area (TPSA) is 24.8 Å². The van der Waals surface area contributed by atoms with E-state index in [0.29, 0.717) is 6.02 Å². The van der Waals surface area contributed by atoms with Crippen molar-refractivity contribution in [1.82, 2.24) is 4.31 Å². The summed E-state index contributed by atoms with van der Waals surface area (Å²) in [5.74, 6) is 0. The Labute approximate surface area is 60.2 Å². The molecule has 0 spiro atoms. The van der Waals surface area contributed by atoms with E-state index in [1.807, 2.05) is 17.6 Å². The molecule has 0 bridgehead atoms. The molecular weight excluding hydrogens is 136 g/mol. The number of hydrogen-bond donors (Lipinski definition) is 0. The highest BCUT2D eigenvalue weighted by molar-refractivity contribution is 7.96. The van der Waals surface area contributed by atoms with Crippen LogP contribution in [-0.4, -0.2) is 37.8 Å². The summed E-state index contributed by atoms with van der Waals surface area (Å²) in [5, 5.41) is 0. The van der Waals surface area contributed by atoms with E-state index < -0.39 is 0 Å². The van der Waals surface area contributed by atoms with Crippen LogP contribution in [0, 0.1) is 0 Å². The van der Waals surface area contributed by atoms with Crippen molar-refractivity contribution in [2.45, 2.75) is 0 Å². The Morgan fingerprint density at radius 2 is 2.22 bits per heavy atom. The summed E-state index contributed by atoms with van der Waals surface area (Å²) in [5.41, 5.74) is 0. The van der Waals surface area contributed by atoms with Crippen molar-refractivity contribution in [3.05, 3.63) is 0 Å². The number of hydrogen-bond acceptors (Lipinski definition) is 3. The van der Waals surface area contributed by atoms with Gasteiger partial charge in [0.05, 0.1) is 7.11 Å². The van der Waals surface area contributed by atoms with Crippen molar-refractivity contribution in [3.63, 3.8) is 0 Å². The molecule has 0 heterocycles. The van der Waals surface area contributed by atoms with Gasteiger partial charge >= 0.3 is 0 Å². The van der Waals surface area contributed by atoms with Crippen LogP contribution in [0.2, 0.25) is 0 Å². The van der Waals surface area contributed by atoms with Crippen LogP contribution < -0.4 is 0 Å². The van der Waals surface area contributed by atoms with Crippen LogP contribution in [0.3, 0.4) is 0 Å². The molecule has 0 aliphatic heterocycles. The molecule has 0 radical (unpaired) electrons. The van der Waals surface area contributed by atoms with Gasteiger partial charge in [-0.2, -0.15) is 0 Å². The Hall–Kier alpha value is -0.380. The quantitative estimate of drug-likeness (QED) is 0.313. The van der Waals surface area contributed by atoms with Crippen LogP contribution in [0.5, 0.6) is 0 Å². The van der Waals surface area contributed by atoms with Crippen LogP contribution in [0.25, 0.3) is 0 Å². The lowest BCUT2D eigenvalue weighted by molar-refractivity contribution is 0.360. The highest BCUT2D eigenvalue weighted by atomic mass is 32.2. The summed E-state index contributed by atoms with van der Waals surface area (Å²) in [6.07, 6.45) is 1.96. The zero-order chi connectivity index (χ0) is 7.28. The number of ether oxygens (including phenoxy) is 1. The van der Waals surface area contributed by atoms with E-state index in [1.54, 1.807) is 26.1 Å². The largest absolute Gasteiger partial charge is 0.468 e. The molecule has 0 saturated heterocycles. The average molecular weight is 148 g/mol. The van der Waals surface area contributed by atoms with Crippen LogP contribution in [-0.2, 0) is 4.74 Å². The molecule has 0 aliphatic rings. The summed E-state index contributed by atoms with van der Waals surface area (Å²) >= 11 is 1.56. The van der Waals surface area contributed by atoms with E-state index in [9.17, 15) is 0 Å². The third-order valence-corrected chi connectivity index (χ3v) is 1.62. The molecule has 3 nitrogen and oxygen atoms in total. The predicted molar refractivity (Wildman–Crippen MR) is 41.6 cm³/mol. The molecule has 0 aliphatic carbocycles. The van der Waals surface area contributed by atoms with Gasteiger partial charge in [0.25, 0.3) is 6.02 Å². The minimum atomic E-state index is 0.641. The van der Waals surface area contributed by atoms with Crippen LogP contribution in [0.1, 0.15) is 0 Å². The zero-order valence-electron chi connectivity index (χ0n) is 6.21. The number of amidine groups is 1. The molecule has 0 aromatic heterocycles.